The first-order valence-corrected chi connectivity index (χ1v) is 11.6. The molecule has 0 spiro atoms. The van der Waals surface area contributed by atoms with E-state index in [9.17, 15) is 14.4 Å². The van der Waals surface area contributed by atoms with Crippen LogP contribution in [0, 0.1) is 0 Å². The third-order valence-corrected chi connectivity index (χ3v) is 5.87. The minimum Gasteiger partial charge on any atom is -0.467 e. The van der Waals surface area contributed by atoms with Crippen LogP contribution in [-0.2, 0) is 18.4 Å². The molecule has 11 heteroatoms. The minimum atomic E-state index is -0.416. The van der Waals surface area contributed by atoms with Gasteiger partial charge in [0.15, 0.2) is 5.16 Å². The summed E-state index contributed by atoms with van der Waals surface area (Å²) < 4.78 is 6.95. The van der Waals surface area contributed by atoms with Crippen molar-refractivity contribution in [1.82, 2.24) is 20.1 Å². The Morgan fingerprint density at radius 2 is 1.86 bits per heavy atom. The van der Waals surface area contributed by atoms with Crippen molar-refractivity contribution in [2.45, 2.75) is 11.7 Å². The lowest BCUT2D eigenvalue weighted by Gasteiger charge is -2.12. The van der Waals surface area contributed by atoms with Gasteiger partial charge in [-0.05, 0) is 42.5 Å². The number of carbonyl (C=O) groups excluding carboxylic acids is 3. The van der Waals surface area contributed by atoms with Crippen molar-refractivity contribution in [3.05, 3.63) is 90.1 Å². The van der Waals surface area contributed by atoms with Gasteiger partial charge < -0.3 is 24.9 Å². The number of rotatable bonds is 9. The number of nitrogens with zero attached hydrogens (tertiary/aromatic N) is 3. The van der Waals surface area contributed by atoms with Gasteiger partial charge in [-0.15, -0.1) is 10.2 Å². The Morgan fingerprint density at radius 1 is 1.00 bits per heavy atom. The van der Waals surface area contributed by atoms with Crippen molar-refractivity contribution in [1.29, 1.82) is 0 Å². The van der Waals surface area contributed by atoms with Crippen molar-refractivity contribution in [3.8, 4) is 0 Å². The van der Waals surface area contributed by atoms with E-state index in [1.807, 2.05) is 0 Å². The molecule has 10 nitrogen and oxygen atoms in total. The largest absolute Gasteiger partial charge is 0.467 e. The predicted octanol–water partition coefficient (Wildman–Crippen LogP) is 3.32. The quantitative estimate of drug-likeness (QED) is 0.307. The second kappa shape index (κ2) is 11.2. The molecule has 2 heterocycles. The van der Waals surface area contributed by atoms with Crippen LogP contribution in [0.2, 0.25) is 0 Å². The second-order valence-corrected chi connectivity index (χ2v) is 8.35. The number of benzene rings is 2. The van der Waals surface area contributed by atoms with Crippen LogP contribution < -0.4 is 16.0 Å². The first kappa shape index (κ1) is 23.8. The van der Waals surface area contributed by atoms with Gasteiger partial charge in [0.2, 0.25) is 5.91 Å². The molecule has 178 valence electrons. The van der Waals surface area contributed by atoms with Crippen LogP contribution >= 0.6 is 11.8 Å². The molecule has 0 fully saturated rings. The van der Waals surface area contributed by atoms with Gasteiger partial charge in [-0.2, -0.15) is 0 Å². The highest BCUT2D eigenvalue weighted by molar-refractivity contribution is 7.99. The first-order chi connectivity index (χ1) is 17.0. The number of aromatic nitrogens is 3. The fourth-order valence-corrected chi connectivity index (χ4v) is 3.82. The Kier molecular flexibility index (Phi) is 7.58. The van der Waals surface area contributed by atoms with Crippen molar-refractivity contribution >= 4 is 40.9 Å². The molecule has 0 saturated carbocycles. The van der Waals surface area contributed by atoms with E-state index in [0.717, 1.165) is 0 Å². The number of aryl methyl sites for hydroxylation is 1. The normalized spacial score (nSPS) is 10.5. The Bertz CT molecular complexity index is 1340. The highest BCUT2D eigenvalue weighted by atomic mass is 32.2. The highest BCUT2D eigenvalue weighted by Crippen LogP contribution is 2.19. The van der Waals surface area contributed by atoms with Crippen molar-refractivity contribution in [2.75, 3.05) is 16.4 Å². The monoisotopic (exact) mass is 490 g/mol. The maximum Gasteiger partial charge on any atom is 0.255 e. The van der Waals surface area contributed by atoms with Crippen LogP contribution in [-0.4, -0.2) is 38.2 Å². The lowest BCUT2D eigenvalue weighted by molar-refractivity contribution is -0.113. The third kappa shape index (κ3) is 6.36. The molecule has 0 saturated heterocycles. The molecular weight excluding hydrogens is 468 g/mol. The number of furan rings is 1. The van der Waals surface area contributed by atoms with E-state index in [4.69, 9.17) is 4.42 Å². The Labute approximate surface area is 205 Å². The van der Waals surface area contributed by atoms with Crippen LogP contribution in [0.1, 0.15) is 26.5 Å². The Hall–Kier alpha value is -4.38. The molecule has 2 aromatic heterocycles. The van der Waals surface area contributed by atoms with Gasteiger partial charge in [0.05, 0.1) is 29.8 Å². The molecular formula is C24H22N6O4S. The Balaban J connectivity index is 1.38. The SMILES string of the molecule is Cn1cnnc1SCC(=O)Nc1cccc(C(=O)Nc2ccccc2C(=O)NCc2ccco2)c1. The summed E-state index contributed by atoms with van der Waals surface area (Å²) >= 11 is 1.25. The lowest BCUT2D eigenvalue weighted by atomic mass is 10.1. The highest BCUT2D eigenvalue weighted by Gasteiger charge is 2.15. The van der Waals surface area contributed by atoms with Gasteiger partial charge in [-0.1, -0.05) is 30.0 Å². The summed E-state index contributed by atoms with van der Waals surface area (Å²) in [7, 11) is 1.79. The van der Waals surface area contributed by atoms with E-state index in [1.54, 1.807) is 78.6 Å². The molecule has 0 radical (unpaired) electrons. The van der Waals surface area contributed by atoms with Crippen LogP contribution in [0.15, 0.2) is 82.8 Å². The number of hydrogen-bond donors (Lipinski definition) is 3. The number of thioether (sulfide) groups is 1. The van der Waals surface area contributed by atoms with Gasteiger partial charge >= 0.3 is 0 Å². The van der Waals surface area contributed by atoms with Gasteiger partial charge in [-0.25, -0.2) is 0 Å². The number of carbonyl (C=O) groups is 3. The fraction of sp³-hybridized carbons (Fsp3) is 0.125. The van der Waals surface area contributed by atoms with E-state index >= 15 is 0 Å². The third-order valence-electron chi connectivity index (χ3n) is 4.83. The molecule has 0 unspecified atom stereocenters. The van der Waals surface area contributed by atoms with E-state index in [2.05, 4.69) is 26.1 Å². The van der Waals surface area contributed by atoms with Gasteiger partial charge in [0.25, 0.3) is 11.8 Å². The second-order valence-electron chi connectivity index (χ2n) is 7.40. The molecule has 3 N–H and O–H groups in total. The number of amides is 3. The van der Waals surface area contributed by atoms with E-state index in [-0.39, 0.29) is 24.1 Å². The smallest absolute Gasteiger partial charge is 0.255 e. The van der Waals surface area contributed by atoms with Crippen LogP contribution in [0.5, 0.6) is 0 Å². The average molecular weight is 491 g/mol. The summed E-state index contributed by atoms with van der Waals surface area (Å²) in [6, 6.07) is 16.8. The molecule has 0 aliphatic rings. The summed E-state index contributed by atoms with van der Waals surface area (Å²) in [5.74, 6) is -0.244. The zero-order valence-corrected chi connectivity index (χ0v) is 19.5. The van der Waals surface area contributed by atoms with Gasteiger partial charge in [0, 0.05) is 18.3 Å². The number of hydrogen-bond acceptors (Lipinski definition) is 7. The summed E-state index contributed by atoms with van der Waals surface area (Å²) in [6.07, 6.45) is 3.09. The lowest BCUT2D eigenvalue weighted by Crippen LogP contribution is -2.24. The summed E-state index contributed by atoms with van der Waals surface area (Å²) in [5.41, 5.74) is 1.49. The molecule has 0 aliphatic heterocycles. The summed E-state index contributed by atoms with van der Waals surface area (Å²) in [6.45, 7) is 0.227. The number of nitrogens with one attached hydrogen (secondary N) is 3. The average Bonchev–Trinajstić information content (AvgIpc) is 3.53. The van der Waals surface area contributed by atoms with Crippen molar-refractivity contribution in [2.24, 2.45) is 7.05 Å². The molecule has 4 aromatic rings. The van der Waals surface area contributed by atoms with Crippen molar-refractivity contribution in [3.63, 3.8) is 0 Å². The minimum absolute atomic E-state index is 0.142. The molecule has 0 aliphatic carbocycles. The van der Waals surface area contributed by atoms with E-state index in [0.29, 0.717) is 33.4 Å². The number of para-hydroxylation sites is 1. The van der Waals surface area contributed by atoms with Crippen molar-refractivity contribution < 1.29 is 18.8 Å². The van der Waals surface area contributed by atoms with Crippen LogP contribution in [0.3, 0.4) is 0 Å². The predicted molar refractivity (Wildman–Crippen MR) is 131 cm³/mol. The molecule has 0 bridgehead atoms. The fourth-order valence-electron chi connectivity index (χ4n) is 3.13. The standard InChI is InChI=1S/C24H22N6O4S/c1-30-15-26-29-24(30)35-14-21(31)27-17-7-4-6-16(12-17)22(32)28-20-10-3-2-9-19(20)23(33)25-13-18-8-5-11-34-18/h2-12,15H,13-14H2,1H3,(H,25,33)(H,27,31)(H,28,32). The Morgan fingerprint density at radius 3 is 2.63 bits per heavy atom. The molecule has 4 rings (SSSR count). The summed E-state index contributed by atoms with van der Waals surface area (Å²) in [4.78, 5) is 37.9. The topological polar surface area (TPSA) is 131 Å². The molecule has 35 heavy (non-hydrogen) atoms. The van der Waals surface area contributed by atoms with Crippen LogP contribution in [0.4, 0.5) is 11.4 Å². The first-order valence-electron chi connectivity index (χ1n) is 10.6. The zero-order chi connectivity index (χ0) is 24.6. The van der Waals surface area contributed by atoms with E-state index in [1.165, 1.54) is 18.0 Å². The van der Waals surface area contributed by atoms with Gasteiger partial charge in [-0.3, -0.25) is 14.4 Å². The maximum absolute atomic E-state index is 12.9. The van der Waals surface area contributed by atoms with Gasteiger partial charge in [0.1, 0.15) is 12.1 Å². The molecule has 2 aromatic carbocycles. The maximum atomic E-state index is 12.9. The summed E-state index contributed by atoms with van der Waals surface area (Å²) in [5, 5.41) is 16.6. The molecule has 3 amide bonds. The zero-order valence-electron chi connectivity index (χ0n) is 18.7. The van der Waals surface area contributed by atoms with E-state index < -0.39 is 5.91 Å². The van der Waals surface area contributed by atoms with Crippen LogP contribution in [0.25, 0.3) is 0 Å². The molecule has 0 atom stereocenters. The number of anilines is 2.